The summed E-state index contributed by atoms with van der Waals surface area (Å²) in [6.07, 6.45) is 0. The van der Waals surface area contributed by atoms with E-state index in [2.05, 4.69) is 15.0 Å². The summed E-state index contributed by atoms with van der Waals surface area (Å²) in [4.78, 5) is 22.2. The number of fused-ring (bicyclic) bond motifs is 1. The highest BCUT2D eigenvalue weighted by Gasteiger charge is 2.11. The molecule has 7 heteroatoms. The predicted molar refractivity (Wildman–Crippen MR) is 100.0 cm³/mol. The molecule has 26 heavy (non-hydrogen) atoms. The van der Waals surface area contributed by atoms with Gasteiger partial charge in [0.05, 0.1) is 16.2 Å². The van der Waals surface area contributed by atoms with E-state index >= 15 is 0 Å². The Morgan fingerprint density at radius 2 is 1.54 bits per heavy atom. The van der Waals surface area contributed by atoms with Crippen molar-refractivity contribution >= 4 is 28.7 Å². The molecule has 0 unspecified atom stereocenters. The number of halogens is 1. The average molecular weight is 365 g/mol. The lowest BCUT2D eigenvalue weighted by molar-refractivity contribution is 0.100. The van der Waals surface area contributed by atoms with E-state index in [0.29, 0.717) is 27.4 Å². The SMILES string of the molecule is NC(=O)c1ccc(-c2ccc(-c3nc4nc(O)[nH]c4cc3Cl)cc2)cc1. The Morgan fingerprint density at radius 3 is 2.15 bits per heavy atom. The second-order valence-electron chi connectivity index (χ2n) is 5.77. The molecule has 2 heterocycles. The van der Waals surface area contributed by atoms with Crippen LogP contribution in [-0.2, 0) is 0 Å². The minimum atomic E-state index is -0.451. The summed E-state index contributed by atoms with van der Waals surface area (Å²) in [5.41, 5.74) is 10.1. The highest BCUT2D eigenvalue weighted by atomic mass is 35.5. The lowest BCUT2D eigenvalue weighted by atomic mass is 10.0. The molecule has 0 saturated heterocycles. The Hall–Kier alpha value is -3.38. The molecule has 0 fully saturated rings. The van der Waals surface area contributed by atoms with Crippen molar-refractivity contribution in [2.24, 2.45) is 5.73 Å². The van der Waals surface area contributed by atoms with Gasteiger partial charge in [-0.2, -0.15) is 4.98 Å². The topological polar surface area (TPSA) is 105 Å². The van der Waals surface area contributed by atoms with Crippen LogP contribution in [0.1, 0.15) is 10.4 Å². The standard InChI is InChI=1S/C19H13ClN4O2/c20-14-9-15-18(24-19(26)22-15)23-16(14)12-5-1-10(2-6-12)11-3-7-13(8-4-11)17(21)25/h1-9H,(H2,21,25)(H2,22,23,24,26). The third-order valence-corrected chi connectivity index (χ3v) is 4.36. The largest absolute Gasteiger partial charge is 0.480 e. The molecule has 0 atom stereocenters. The van der Waals surface area contributed by atoms with E-state index in [0.717, 1.165) is 16.7 Å². The third kappa shape index (κ3) is 2.87. The molecule has 0 aliphatic carbocycles. The number of nitrogens with two attached hydrogens (primary N) is 1. The van der Waals surface area contributed by atoms with Gasteiger partial charge in [-0.1, -0.05) is 48.0 Å². The van der Waals surface area contributed by atoms with Gasteiger partial charge < -0.3 is 15.8 Å². The second kappa shape index (κ2) is 6.16. The van der Waals surface area contributed by atoms with Crippen LogP contribution < -0.4 is 5.73 Å². The molecule has 0 aliphatic heterocycles. The van der Waals surface area contributed by atoms with Gasteiger partial charge in [0.1, 0.15) is 0 Å². The first-order valence-electron chi connectivity index (χ1n) is 7.77. The van der Waals surface area contributed by atoms with Gasteiger partial charge in [-0.25, -0.2) is 4.98 Å². The minimum Gasteiger partial charge on any atom is -0.480 e. The zero-order chi connectivity index (χ0) is 18.3. The van der Waals surface area contributed by atoms with Crippen LogP contribution in [0.3, 0.4) is 0 Å². The molecule has 2 aromatic carbocycles. The normalized spacial score (nSPS) is 11.0. The monoisotopic (exact) mass is 364 g/mol. The molecule has 4 rings (SSSR count). The molecule has 0 saturated carbocycles. The number of amides is 1. The molecule has 0 aliphatic rings. The van der Waals surface area contributed by atoms with E-state index in [1.54, 1.807) is 18.2 Å². The van der Waals surface area contributed by atoms with Crippen molar-refractivity contribution < 1.29 is 9.90 Å². The van der Waals surface area contributed by atoms with E-state index in [9.17, 15) is 9.90 Å². The van der Waals surface area contributed by atoms with Crippen LogP contribution in [0.5, 0.6) is 6.01 Å². The summed E-state index contributed by atoms with van der Waals surface area (Å²) in [5, 5.41) is 9.90. The summed E-state index contributed by atoms with van der Waals surface area (Å²) >= 11 is 6.32. The third-order valence-electron chi connectivity index (χ3n) is 4.08. The molecule has 0 spiro atoms. The fourth-order valence-electron chi connectivity index (χ4n) is 2.76. The number of carbonyl (C=O) groups is 1. The zero-order valence-electron chi connectivity index (χ0n) is 13.4. The first-order chi connectivity index (χ1) is 12.5. The molecule has 0 radical (unpaired) electrons. The van der Waals surface area contributed by atoms with Crippen molar-refractivity contribution in [3.05, 3.63) is 65.2 Å². The average Bonchev–Trinajstić information content (AvgIpc) is 3.00. The van der Waals surface area contributed by atoms with Crippen LogP contribution in [0.25, 0.3) is 33.5 Å². The maximum absolute atomic E-state index is 11.2. The minimum absolute atomic E-state index is 0.199. The number of H-pyrrole nitrogens is 1. The van der Waals surface area contributed by atoms with Crippen LogP contribution in [0.4, 0.5) is 0 Å². The number of hydrogen-bond acceptors (Lipinski definition) is 4. The van der Waals surface area contributed by atoms with Crippen molar-refractivity contribution in [2.75, 3.05) is 0 Å². The number of aromatic amines is 1. The van der Waals surface area contributed by atoms with E-state index in [4.69, 9.17) is 17.3 Å². The summed E-state index contributed by atoms with van der Waals surface area (Å²) in [7, 11) is 0. The van der Waals surface area contributed by atoms with Gasteiger partial charge in [0, 0.05) is 11.1 Å². The molecule has 4 N–H and O–H groups in total. The summed E-state index contributed by atoms with van der Waals surface area (Å²) < 4.78 is 0. The van der Waals surface area contributed by atoms with Gasteiger partial charge in [0.25, 0.3) is 6.01 Å². The number of primary amides is 1. The molecule has 128 valence electrons. The highest BCUT2D eigenvalue weighted by Crippen LogP contribution is 2.31. The summed E-state index contributed by atoms with van der Waals surface area (Å²) in [6.45, 7) is 0. The molecular formula is C19H13ClN4O2. The van der Waals surface area contributed by atoms with Gasteiger partial charge in [0.2, 0.25) is 5.91 Å². The zero-order valence-corrected chi connectivity index (χ0v) is 14.2. The molecule has 0 bridgehead atoms. The van der Waals surface area contributed by atoms with Gasteiger partial charge in [0.15, 0.2) is 5.65 Å². The maximum atomic E-state index is 11.2. The number of aromatic hydroxyl groups is 1. The number of imidazole rings is 1. The molecule has 1 amide bonds. The molecule has 6 nitrogen and oxygen atoms in total. The van der Waals surface area contributed by atoms with Crippen molar-refractivity contribution in [3.63, 3.8) is 0 Å². The smallest absolute Gasteiger partial charge is 0.293 e. The van der Waals surface area contributed by atoms with E-state index < -0.39 is 5.91 Å². The number of pyridine rings is 1. The molecular weight excluding hydrogens is 352 g/mol. The lowest BCUT2D eigenvalue weighted by Gasteiger charge is -2.06. The van der Waals surface area contributed by atoms with Crippen molar-refractivity contribution in [2.45, 2.75) is 0 Å². The summed E-state index contributed by atoms with van der Waals surface area (Å²) in [6, 6.07) is 16.3. The number of rotatable bonds is 3. The van der Waals surface area contributed by atoms with Crippen LogP contribution in [0, 0.1) is 0 Å². The van der Waals surface area contributed by atoms with Gasteiger partial charge in [-0.15, -0.1) is 0 Å². The van der Waals surface area contributed by atoms with E-state index in [1.165, 1.54) is 0 Å². The van der Waals surface area contributed by atoms with Gasteiger partial charge >= 0.3 is 0 Å². The maximum Gasteiger partial charge on any atom is 0.293 e. The molecule has 4 aromatic rings. The van der Waals surface area contributed by atoms with Crippen LogP contribution in [0.2, 0.25) is 5.02 Å². The van der Waals surface area contributed by atoms with E-state index in [1.807, 2.05) is 36.4 Å². The number of nitrogens with one attached hydrogen (secondary N) is 1. The predicted octanol–water partition coefficient (Wildman–Crippen LogP) is 3.75. The van der Waals surface area contributed by atoms with Crippen molar-refractivity contribution in [1.29, 1.82) is 0 Å². The Kier molecular flexibility index (Phi) is 3.82. The fourth-order valence-corrected chi connectivity index (χ4v) is 3.02. The lowest BCUT2D eigenvalue weighted by Crippen LogP contribution is -2.10. The quantitative estimate of drug-likeness (QED) is 0.514. The van der Waals surface area contributed by atoms with Crippen LogP contribution >= 0.6 is 11.6 Å². The van der Waals surface area contributed by atoms with Gasteiger partial charge in [-0.3, -0.25) is 4.79 Å². The Bertz CT molecular complexity index is 1120. The first-order valence-corrected chi connectivity index (χ1v) is 8.15. The van der Waals surface area contributed by atoms with E-state index in [-0.39, 0.29) is 6.01 Å². The molecule has 2 aromatic heterocycles. The van der Waals surface area contributed by atoms with Crippen molar-refractivity contribution in [1.82, 2.24) is 15.0 Å². The number of nitrogens with zero attached hydrogens (tertiary/aromatic N) is 2. The van der Waals surface area contributed by atoms with Crippen molar-refractivity contribution in [3.8, 4) is 28.4 Å². The fraction of sp³-hybridized carbons (Fsp3) is 0. The van der Waals surface area contributed by atoms with Gasteiger partial charge in [-0.05, 0) is 29.3 Å². The number of benzene rings is 2. The van der Waals surface area contributed by atoms with Crippen LogP contribution in [-0.4, -0.2) is 26.0 Å². The number of hydrogen-bond donors (Lipinski definition) is 3. The Morgan fingerprint density at radius 1 is 0.962 bits per heavy atom. The first kappa shape index (κ1) is 16.1. The second-order valence-corrected chi connectivity index (χ2v) is 6.18. The number of carbonyl (C=O) groups excluding carboxylic acids is 1. The summed E-state index contributed by atoms with van der Waals surface area (Å²) in [5.74, 6) is -0.451. The number of aromatic nitrogens is 3. The highest BCUT2D eigenvalue weighted by molar-refractivity contribution is 6.33. The Balaban J connectivity index is 1.69. The van der Waals surface area contributed by atoms with Crippen LogP contribution in [0.15, 0.2) is 54.6 Å². The Labute approximate surface area is 153 Å².